The van der Waals surface area contributed by atoms with Crippen LogP contribution in [0.5, 0.6) is 0 Å². The number of rotatable bonds is 1. The summed E-state index contributed by atoms with van der Waals surface area (Å²) in [4.78, 5) is 0. The topological polar surface area (TPSA) is 26.0 Å². The van der Waals surface area contributed by atoms with Gasteiger partial charge in [-0.15, -0.1) is 0 Å². The van der Waals surface area contributed by atoms with Crippen LogP contribution >= 0.6 is 22.6 Å². The fourth-order valence-electron chi connectivity index (χ4n) is 0.676. The quantitative estimate of drug-likeness (QED) is 0.549. The van der Waals surface area contributed by atoms with Crippen molar-refractivity contribution in [2.45, 2.75) is 0 Å². The molecule has 10 heavy (non-hydrogen) atoms. The normalized spacial score (nSPS) is 9.30. The summed E-state index contributed by atoms with van der Waals surface area (Å²) in [5.41, 5.74) is 7.76. The van der Waals surface area contributed by atoms with Crippen molar-refractivity contribution in [1.29, 1.82) is 0 Å². The molecule has 0 heterocycles. The Bertz CT molecular complexity index is 260. The summed E-state index contributed by atoms with van der Waals surface area (Å²) in [6.07, 6.45) is 0. The van der Waals surface area contributed by atoms with E-state index < -0.39 is 0 Å². The second-order valence-electron chi connectivity index (χ2n) is 1.86. The summed E-state index contributed by atoms with van der Waals surface area (Å²) in [6, 6.07) is 7.93. The Balaban J connectivity index is 3.15. The molecule has 0 fully saturated rings. The molecule has 1 nitrogen and oxygen atoms in total. The van der Waals surface area contributed by atoms with E-state index in [0.29, 0.717) is 0 Å². The molecule has 0 saturated carbocycles. The fourth-order valence-corrected chi connectivity index (χ4v) is 1.84. The summed E-state index contributed by atoms with van der Waals surface area (Å²) < 4.78 is 1.32. The van der Waals surface area contributed by atoms with Crippen LogP contribution in [0, 0.1) is 0 Å². The zero-order valence-corrected chi connectivity index (χ0v) is 10.3. The minimum atomic E-state index is 0.877. The van der Waals surface area contributed by atoms with E-state index in [-0.39, 0.29) is 0 Å². The van der Waals surface area contributed by atoms with Crippen molar-refractivity contribution < 1.29 is 19.4 Å². The predicted octanol–water partition coefficient (Wildman–Crippen LogP) is 1.73. The van der Waals surface area contributed by atoms with E-state index in [2.05, 4.69) is 22.6 Å². The van der Waals surface area contributed by atoms with Crippen LogP contribution in [-0.4, -0.2) is 1.90 Å². The van der Waals surface area contributed by atoms with Crippen LogP contribution < -0.4 is 5.73 Å². The zero-order chi connectivity index (χ0) is 7.56. The Morgan fingerprint density at radius 3 is 2.40 bits per heavy atom. The van der Waals surface area contributed by atoms with Gasteiger partial charge in [-0.3, -0.25) is 0 Å². The summed E-state index contributed by atoms with van der Waals surface area (Å²) >= 11 is 3.77. The maximum absolute atomic E-state index is 5.71. The second-order valence-corrected chi connectivity index (χ2v) is 7.29. The van der Waals surface area contributed by atoms with Crippen molar-refractivity contribution in [2.24, 2.45) is 0 Å². The Morgan fingerprint density at radius 2 is 2.00 bits per heavy atom. The average Bonchev–Trinajstić information content (AvgIpc) is 1.88. The van der Waals surface area contributed by atoms with Gasteiger partial charge in [-0.25, -0.2) is 0 Å². The van der Waals surface area contributed by atoms with Gasteiger partial charge in [0.25, 0.3) is 0 Å². The van der Waals surface area contributed by atoms with Crippen LogP contribution in [0.4, 0.5) is 5.69 Å². The van der Waals surface area contributed by atoms with E-state index in [9.17, 15) is 0 Å². The van der Waals surface area contributed by atoms with Crippen LogP contribution in [0.25, 0.3) is 0 Å². The predicted molar refractivity (Wildman–Crippen MR) is 49.0 cm³/mol. The number of nitrogen functional groups attached to an aromatic ring is 1. The first kappa shape index (κ1) is 8.41. The average molecular weight is 415 g/mol. The third kappa shape index (κ3) is 1.89. The van der Waals surface area contributed by atoms with Gasteiger partial charge in [0, 0.05) is 0 Å². The summed E-state index contributed by atoms with van der Waals surface area (Å²) in [7, 11) is 0. The molecule has 2 N–H and O–H groups in total. The molecule has 0 aliphatic heterocycles. The van der Waals surface area contributed by atoms with Gasteiger partial charge in [0.2, 0.25) is 0 Å². The van der Waals surface area contributed by atoms with Crippen LogP contribution in [0.1, 0.15) is 5.56 Å². The molecule has 0 bridgehead atoms. The van der Waals surface area contributed by atoms with Gasteiger partial charge >= 0.3 is 85.1 Å². The first-order valence-corrected chi connectivity index (χ1v) is 5.30. The first-order chi connectivity index (χ1) is 4.72. The number of hydrogen-bond acceptors (Lipinski definition) is 1. The number of para-hydroxylation sites is 1. The number of hydrogen-bond donors (Lipinski definition) is 1. The molecule has 0 radical (unpaired) electrons. The Kier molecular flexibility index (Phi) is 3.05. The molecule has 0 atom stereocenters. The molecule has 0 spiro atoms. The number of benzene rings is 1. The van der Waals surface area contributed by atoms with Gasteiger partial charge in [-0.2, -0.15) is 0 Å². The van der Waals surface area contributed by atoms with E-state index >= 15 is 0 Å². The molecule has 1 rings (SSSR count). The monoisotopic (exact) mass is 415 g/mol. The van der Waals surface area contributed by atoms with Gasteiger partial charge in [-0.1, -0.05) is 0 Å². The summed E-state index contributed by atoms with van der Waals surface area (Å²) in [5, 5.41) is 0. The number of nitrogens with two attached hydrogens (primary N) is 1. The van der Waals surface area contributed by atoms with Gasteiger partial charge in [0.1, 0.15) is 0 Å². The van der Waals surface area contributed by atoms with E-state index in [4.69, 9.17) is 5.73 Å². The molecule has 1 aromatic rings. The molecule has 52 valence electrons. The van der Waals surface area contributed by atoms with E-state index in [0.717, 1.165) is 5.69 Å². The van der Waals surface area contributed by atoms with Gasteiger partial charge in [0.15, 0.2) is 0 Å². The van der Waals surface area contributed by atoms with Crippen molar-refractivity contribution in [1.82, 2.24) is 0 Å². The molecule has 0 aliphatic carbocycles. The van der Waals surface area contributed by atoms with Gasteiger partial charge < -0.3 is 0 Å². The van der Waals surface area contributed by atoms with Crippen molar-refractivity contribution in [3.8, 4) is 0 Å². The van der Waals surface area contributed by atoms with Crippen molar-refractivity contribution in [3.63, 3.8) is 0 Å². The second kappa shape index (κ2) is 3.63. The summed E-state index contributed by atoms with van der Waals surface area (Å²) in [5.74, 6) is 0. The molecule has 0 amide bonds. The van der Waals surface area contributed by atoms with E-state index in [1.807, 2.05) is 24.3 Å². The van der Waals surface area contributed by atoms with Gasteiger partial charge in [0.05, 0.1) is 0 Å². The molecule has 0 aromatic heterocycles. The molecule has 1 aromatic carbocycles. The molecule has 0 saturated heterocycles. The van der Waals surface area contributed by atoms with Crippen LogP contribution in [0.2, 0.25) is 0 Å². The van der Waals surface area contributed by atoms with Crippen molar-refractivity contribution >= 4 is 30.2 Å². The van der Waals surface area contributed by atoms with E-state index in [1.165, 1.54) is 26.8 Å². The van der Waals surface area contributed by atoms with Crippen molar-refractivity contribution in [2.75, 3.05) is 5.73 Å². The third-order valence-corrected chi connectivity index (χ3v) is 2.54. The zero-order valence-electron chi connectivity index (χ0n) is 5.17. The van der Waals surface area contributed by atoms with Crippen LogP contribution in [-0.2, 0) is 19.4 Å². The van der Waals surface area contributed by atoms with Crippen LogP contribution in [0.15, 0.2) is 24.3 Å². The third-order valence-electron chi connectivity index (χ3n) is 1.17. The Hall–Kier alpha value is 0.308. The fraction of sp³-hybridized carbons (Fsp3) is 0. The summed E-state index contributed by atoms with van der Waals surface area (Å²) in [6.45, 7) is 0. The van der Waals surface area contributed by atoms with Crippen molar-refractivity contribution in [3.05, 3.63) is 29.8 Å². The molecule has 0 aliphatic rings. The van der Waals surface area contributed by atoms with Crippen LogP contribution in [0.3, 0.4) is 0 Å². The van der Waals surface area contributed by atoms with Gasteiger partial charge in [-0.05, 0) is 0 Å². The standard InChI is InChI=1S/C7H6IN.W/c8-5-6-3-1-2-4-7(6)9;/h1-4H,9H2;. The number of halogens is 1. The van der Waals surface area contributed by atoms with E-state index in [1.54, 1.807) is 0 Å². The maximum atomic E-state index is 5.71. The number of anilines is 1. The molecular weight excluding hydrogens is 409 g/mol. The Morgan fingerprint density at radius 1 is 1.40 bits per heavy atom. The minimum absolute atomic E-state index is 0.877. The SMILES string of the molecule is Nc1ccccc1[C](I)=[W]. The molecular formula is C7H6INW. The first-order valence-electron chi connectivity index (χ1n) is 2.76. The molecule has 3 heteroatoms. The molecule has 0 unspecified atom stereocenters. The Labute approximate surface area is 84.6 Å².